The fourth-order valence-electron chi connectivity index (χ4n) is 1.50. The Kier molecular flexibility index (Phi) is 3.04. The summed E-state index contributed by atoms with van der Waals surface area (Å²) in [7, 11) is 0. The number of amides is 1. The third-order valence-corrected chi connectivity index (χ3v) is 3.22. The Hall–Kier alpha value is -1.63. The maximum atomic E-state index is 11.4. The largest absolute Gasteiger partial charge is 0.477 e. The lowest BCUT2D eigenvalue weighted by molar-refractivity contribution is -0.123. The summed E-state index contributed by atoms with van der Waals surface area (Å²) in [5.41, 5.74) is 0. The second-order valence-electron chi connectivity index (χ2n) is 3.46. The summed E-state index contributed by atoms with van der Waals surface area (Å²) in [5, 5.41) is 14.9. The molecule has 16 heavy (non-hydrogen) atoms. The second kappa shape index (κ2) is 4.48. The van der Waals surface area contributed by atoms with Crippen LogP contribution in [0.4, 0.5) is 5.13 Å². The molecule has 86 valence electrons. The van der Waals surface area contributed by atoms with Crippen molar-refractivity contribution < 1.29 is 14.7 Å². The van der Waals surface area contributed by atoms with Crippen molar-refractivity contribution in [1.29, 1.82) is 0 Å². The van der Waals surface area contributed by atoms with Gasteiger partial charge < -0.3 is 15.7 Å². The van der Waals surface area contributed by atoms with Gasteiger partial charge in [0.1, 0.15) is 10.9 Å². The average molecular weight is 241 g/mol. The lowest BCUT2D eigenvalue weighted by Gasteiger charge is -2.22. The number of piperidine rings is 1. The van der Waals surface area contributed by atoms with Crippen LogP contribution in [-0.2, 0) is 4.79 Å². The third kappa shape index (κ3) is 2.30. The van der Waals surface area contributed by atoms with E-state index >= 15 is 0 Å². The minimum absolute atomic E-state index is 0.0571. The second-order valence-corrected chi connectivity index (χ2v) is 4.50. The zero-order chi connectivity index (χ0) is 11.5. The number of carboxylic acids is 1. The molecule has 0 saturated carbocycles. The molecule has 2 rings (SSSR count). The van der Waals surface area contributed by atoms with Gasteiger partial charge in [0.2, 0.25) is 5.91 Å². The highest BCUT2D eigenvalue weighted by atomic mass is 32.1. The Morgan fingerprint density at radius 2 is 2.50 bits per heavy atom. The van der Waals surface area contributed by atoms with Gasteiger partial charge in [-0.25, -0.2) is 9.78 Å². The molecule has 7 heteroatoms. The maximum Gasteiger partial charge on any atom is 0.347 e. The molecule has 0 spiro atoms. The average Bonchev–Trinajstić information content (AvgIpc) is 2.70. The summed E-state index contributed by atoms with van der Waals surface area (Å²) in [5.74, 6) is -1.06. The van der Waals surface area contributed by atoms with Crippen LogP contribution in [0.1, 0.15) is 22.5 Å². The summed E-state index contributed by atoms with van der Waals surface area (Å²) < 4.78 is 0. The Bertz CT molecular complexity index is 418. The summed E-state index contributed by atoms with van der Waals surface area (Å²) in [4.78, 5) is 26.1. The van der Waals surface area contributed by atoms with Crippen molar-refractivity contribution in [1.82, 2.24) is 10.3 Å². The molecule has 0 aromatic carbocycles. The lowest BCUT2D eigenvalue weighted by atomic mass is 10.1. The first-order chi connectivity index (χ1) is 7.66. The van der Waals surface area contributed by atoms with E-state index in [9.17, 15) is 9.59 Å². The quantitative estimate of drug-likeness (QED) is 0.718. The van der Waals surface area contributed by atoms with Gasteiger partial charge in [-0.1, -0.05) is 11.3 Å². The molecule has 1 atom stereocenters. The Morgan fingerprint density at radius 1 is 1.69 bits per heavy atom. The number of nitrogens with one attached hydrogen (secondary N) is 2. The molecule has 1 aliphatic rings. The fourth-order valence-corrected chi connectivity index (χ4v) is 2.21. The number of carboxylic acid groups (broad SMARTS) is 1. The van der Waals surface area contributed by atoms with E-state index in [0.29, 0.717) is 11.7 Å². The maximum absolute atomic E-state index is 11.4. The predicted octanol–water partition coefficient (Wildman–Crippen LogP) is 0.532. The van der Waals surface area contributed by atoms with E-state index in [4.69, 9.17) is 5.11 Å². The molecular weight excluding hydrogens is 230 g/mol. The van der Waals surface area contributed by atoms with Crippen LogP contribution in [0, 0.1) is 0 Å². The minimum Gasteiger partial charge on any atom is -0.477 e. The first kappa shape index (κ1) is 10.9. The number of nitrogens with zero attached hydrogens (tertiary/aromatic N) is 1. The highest BCUT2D eigenvalue weighted by Gasteiger charge is 2.22. The Balaban J connectivity index is 2.02. The molecule has 1 aliphatic heterocycles. The van der Waals surface area contributed by atoms with Gasteiger partial charge in [-0.15, -0.1) is 0 Å². The Morgan fingerprint density at radius 3 is 3.12 bits per heavy atom. The highest BCUT2D eigenvalue weighted by molar-refractivity contribution is 7.17. The standard InChI is InChI=1S/C9H11N3O3S/c13-7-5(2-1-3-10-7)12-9-11-4-6(16-9)8(14)15/h4-5H,1-3H2,(H,10,13)(H,11,12)(H,14,15). The predicted molar refractivity (Wildman–Crippen MR) is 58.7 cm³/mol. The number of carbonyl (C=O) groups is 2. The van der Waals surface area contributed by atoms with Crippen LogP contribution in [-0.4, -0.2) is 34.6 Å². The molecule has 1 aromatic rings. The first-order valence-corrected chi connectivity index (χ1v) is 5.72. The minimum atomic E-state index is -1.00. The van der Waals surface area contributed by atoms with Crippen LogP contribution in [0.25, 0.3) is 0 Å². The van der Waals surface area contributed by atoms with Crippen LogP contribution in [0.5, 0.6) is 0 Å². The number of rotatable bonds is 3. The van der Waals surface area contributed by atoms with E-state index in [1.165, 1.54) is 6.20 Å². The van der Waals surface area contributed by atoms with Crippen LogP contribution < -0.4 is 10.6 Å². The molecule has 1 unspecified atom stereocenters. The van der Waals surface area contributed by atoms with Gasteiger partial charge in [-0.3, -0.25) is 4.79 Å². The van der Waals surface area contributed by atoms with Gasteiger partial charge in [0.15, 0.2) is 5.13 Å². The van der Waals surface area contributed by atoms with E-state index < -0.39 is 5.97 Å². The summed E-state index contributed by atoms with van der Waals surface area (Å²) >= 11 is 1.03. The molecule has 1 fully saturated rings. The first-order valence-electron chi connectivity index (χ1n) is 4.90. The van der Waals surface area contributed by atoms with Gasteiger partial charge in [-0.2, -0.15) is 0 Å². The topological polar surface area (TPSA) is 91.3 Å². The Labute approximate surface area is 95.7 Å². The number of carbonyl (C=O) groups excluding carboxylic acids is 1. The van der Waals surface area contributed by atoms with Crippen molar-refractivity contribution in [3.05, 3.63) is 11.1 Å². The van der Waals surface area contributed by atoms with Crippen molar-refractivity contribution in [3.8, 4) is 0 Å². The molecule has 0 aliphatic carbocycles. The van der Waals surface area contributed by atoms with E-state index in [0.717, 1.165) is 24.2 Å². The number of aromatic carboxylic acids is 1. The van der Waals surface area contributed by atoms with Crippen LogP contribution in [0.15, 0.2) is 6.20 Å². The monoisotopic (exact) mass is 241 g/mol. The number of hydrogen-bond acceptors (Lipinski definition) is 5. The number of aromatic nitrogens is 1. The summed E-state index contributed by atoms with van der Waals surface area (Å²) in [6.45, 7) is 0.704. The smallest absolute Gasteiger partial charge is 0.347 e. The van der Waals surface area contributed by atoms with Gasteiger partial charge in [-0.05, 0) is 12.8 Å². The SMILES string of the molecule is O=C(O)c1cnc(NC2CCCNC2=O)s1. The van der Waals surface area contributed by atoms with Gasteiger partial charge >= 0.3 is 5.97 Å². The van der Waals surface area contributed by atoms with Crippen LogP contribution >= 0.6 is 11.3 Å². The fraction of sp³-hybridized carbons (Fsp3) is 0.444. The molecule has 0 radical (unpaired) electrons. The molecule has 6 nitrogen and oxygen atoms in total. The molecule has 1 amide bonds. The number of anilines is 1. The summed E-state index contributed by atoms with van der Waals surface area (Å²) in [6, 6.07) is -0.304. The van der Waals surface area contributed by atoms with Crippen molar-refractivity contribution in [2.75, 3.05) is 11.9 Å². The zero-order valence-electron chi connectivity index (χ0n) is 8.40. The lowest BCUT2D eigenvalue weighted by Crippen LogP contribution is -2.44. The van der Waals surface area contributed by atoms with Crippen molar-refractivity contribution in [2.24, 2.45) is 0 Å². The van der Waals surface area contributed by atoms with Gasteiger partial charge in [0.05, 0.1) is 6.20 Å². The number of hydrogen-bond donors (Lipinski definition) is 3. The number of thiazole rings is 1. The van der Waals surface area contributed by atoms with E-state index in [-0.39, 0.29) is 16.8 Å². The van der Waals surface area contributed by atoms with Crippen LogP contribution in [0.3, 0.4) is 0 Å². The van der Waals surface area contributed by atoms with E-state index in [1.54, 1.807) is 0 Å². The van der Waals surface area contributed by atoms with Crippen molar-refractivity contribution in [2.45, 2.75) is 18.9 Å². The summed E-state index contributed by atoms with van der Waals surface area (Å²) in [6.07, 6.45) is 2.95. The van der Waals surface area contributed by atoms with Crippen molar-refractivity contribution in [3.63, 3.8) is 0 Å². The van der Waals surface area contributed by atoms with Crippen molar-refractivity contribution >= 4 is 28.3 Å². The van der Waals surface area contributed by atoms with E-state index in [2.05, 4.69) is 15.6 Å². The molecule has 1 saturated heterocycles. The molecular formula is C9H11N3O3S. The van der Waals surface area contributed by atoms with Gasteiger partial charge in [0.25, 0.3) is 0 Å². The molecule has 1 aromatic heterocycles. The third-order valence-electron chi connectivity index (χ3n) is 2.30. The van der Waals surface area contributed by atoms with E-state index in [1.807, 2.05) is 0 Å². The molecule has 0 bridgehead atoms. The molecule has 2 heterocycles. The molecule has 3 N–H and O–H groups in total. The van der Waals surface area contributed by atoms with Gasteiger partial charge in [0, 0.05) is 6.54 Å². The highest BCUT2D eigenvalue weighted by Crippen LogP contribution is 2.20. The zero-order valence-corrected chi connectivity index (χ0v) is 9.21. The normalized spacial score (nSPS) is 20.2. The van der Waals surface area contributed by atoms with Crippen LogP contribution in [0.2, 0.25) is 0 Å².